The van der Waals surface area contributed by atoms with E-state index in [4.69, 9.17) is 9.84 Å². The average molecular weight is 316 g/mol. The van der Waals surface area contributed by atoms with Gasteiger partial charge in [-0.2, -0.15) is 0 Å². The Morgan fingerprint density at radius 2 is 2.00 bits per heavy atom. The Morgan fingerprint density at radius 1 is 1.33 bits per heavy atom. The van der Waals surface area contributed by atoms with Gasteiger partial charge < -0.3 is 15.2 Å². The van der Waals surface area contributed by atoms with Gasteiger partial charge in [-0.05, 0) is 25.2 Å². The van der Waals surface area contributed by atoms with Crippen molar-refractivity contribution in [2.75, 3.05) is 20.7 Å². The van der Waals surface area contributed by atoms with Crippen molar-refractivity contribution in [2.24, 2.45) is 0 Å². The van der Waals surface area contributed by atoms with Gasteiger partial charge in [0.25, 0.3) is 5.91 Å². The lowest BCUT2D eigenvalue weighted by molar-refractivity contribution is -0.136. The molecule has 8 nitrogen and oxygen atoms in total. The summed E-state index contributed by atoms with van der Waals surface area (Å²) in [5.41, 5.74) is 0.0926. The molecule has 0 bridgehead atoms. The number of ether oxygens (including phenoxy) is 1. The maximum absolute atomic E-state index is 11.9. The average Bonchev–Trinajstić information content (AvgIpc) is 2.46. The number of carboxylic acids is 1. The zero-order valence-electron chi connectivity index (χ0n) is 11.5. The van der Waals surface area contributed by atoms with Crippen LogP contribution >= 0.6 is 0 Å². The number of carbonyl (C=O) groups is 2. The van der Waals surface area contributed by atoms with Crippen LogP contribution in [0.15, 0.2) is 23.1 Å². The predicted octanol–water partition coefficient (Wildman–Crippen LogP) is -0.192. The summed E-state index contributed by atoms with van der Waals surface area (Å²) >= 11 is 0. The van der Waals surface area contributed by atoms with Crippen LogP contribution in [0, 0.1) is 0 Å². The molecule has 0 saturated carbocycles. The van der Waals surface area contributed by atoms with E-state index in [-0.39, 0.29) is 29.2 Å². The molecule has 0 radical (unpaired) electrons. The second-order valence-corrected chi connectivity index (χ2v) is 5.83. The molecule has 9 heteroatoms. The quantitative estimate of drug-likeness (QED) is 0.641. The molecule has 0 unspecified atom stereocenters. The number of hydrogen-bond donors (Lipinski definition) is 3. The summed E-state index contributed by atoms with van der Waals surface area (Å²) in [5.74, 6) is -1.50. The monoisotopic (exact) mass is 316 g/mol. The fourth-order valence-corrected chi connectivity index (χ4v) is 2.44. The zero-order valence-corrected chi connectivity index (χ0v) is 12.4. The molecule has 0 fully saturated rings. The molecule has 0 heterocycles. The van der Waals surface area contributed by atoms with Gasteiger partial charge in [-0.15, -0.1) is 0 Å². The van der Waals surface area contributed by atoms with Crippen molar-refractivity contribution in [1.82, 2.24) is 10.0 Å². The van der Waals surface area contributed by atoms with Gasteiger partial charge in [-0.25, -0.2) is 13.1 Å². The number of carbonyl (C=O) groups excluding carboxylic acids is 1. The molecule has 1 aromatic carbocycles. The fraction of sp³-hybridized carbons (Fsp3) is 0.333. The molecular formula is C12H16N2O6S. The van der Waals surface area contributed by atoms with Gasteiger partial charge in [0, 0.05) is 12.1 Å². The Morgan fingerprint density at radius 3 is 2.52 bits per heavy atom. The first-order chi connectivity index (χ1) is 9.81. The van der Waals surface area contributed by atoms with Crippen molar-refractivity contribution in [2.45, 2.75) is 11.3 Å². The summed E-state index contributed by atoms with van der Waals surface area (Å²) in [5, 5.41) is 10.9. The molecule has 1 aromatic rings. The molecule has 0 aromatic heterocycles. The van der Waals surface area contributed by atoms with Crippen LogP contribution in [-0.4, -0.2) is 46.1 Å². The third-order valence-corrected chi connectivity index (χ3v) is 4.04. The molecule has 0 atom stereocenters. The second kappa shape index (κ2) is 7.04. The molecule has 116 valence electrons. The summed E-state index contributed by atoms with van der Waals surface area (Å²) in [6, 6.07) is 3.92. The van der Waals surface area contributed by atoms with Crippen LogP contribution in [0.25, 0.3) is 0 Å². The molecule has 0 aliphatic heterocycles. The minimum absolute atomic E-state index is 0.0473. The minimum atomic E-state index is -3.78. The molecular weight excluding hydrogens is 300 g/mol. The van der Waals surface area contributed by atoms with Crippen molar-refractivity contribution in [3.8, 4) is 5.75 Å². The molecule has 21 heavy (non-hydrogen) atoms. The predicted molar refractivity (Wildman–Crippen MR) is 73.8 cm³/mol. The zero-order chi connectivity index (χ0) is 16.0. The van der Waals surface area contributed by atoms with Crippen LogP contribution in [0.1, 0.15) is 16.8 Å². The summed E-state index contributed by atoms with van der Waals surface area (Å²) in [6.45, 7) is -0.0473. The molecule has 0 saturated heterocycles. The number of benzene rings is 1. The van der Waals surface area contributed by atoms with Gasteiger partial charge >= 0.3 is 5.97 Å². The number of aliphatic carboxylic acids is 1. The first-order valence-corrected chi connectivity index (χ1v) is 7.41. The Balaban J connectivity index is 3.03. The van der Waals surface area contributed by atoms with Crippen LogP contribution in [0.2, 0.25) is 0 Å². The van der Waals surface area contributed by atoms with Gasteiger partial charge in [0.1, 0.15) is 10.6 Å². The SMILES string of the molecule is CNS(=O)(=O)c1cc(C(=O)NCCC(=O)O)ccc1OC. The van der Waals surface area contributed by atoms with Gasteiger partial charge in [0.15, 0.2) is 0 Å². The van der Waals surface area contributed by atoms with E-state index in [1.165, 1.54) is 32.4 Å². The van der Waals surface area contributed by atoms with Gasteiger partial charge in [-0.3, -0.25) is 9.59 Å². The minimum Gasteiger partial charge on any atom is -0.495 e. The molecule has 0 aliphatic carbocycles. The largest absolute Gasteiger partial charge is 0.495 e. The first kappa shape index (κ1) is 16.9. The molecule has 0 aliphatic rings. The Bertz CT molecular complexity index is 641. The number of hydrogen-bond acceptors (Lipinski definition) is 5. The molecule has 1 rings (SSSR count). The van der Waals surface area contributed by atoms with Crippen LogP contribution < -0.4 is 14.8 Å². The smallest absolute Gasteiger partial charge is 0.305 e. The van der Waals surface area contributed by atoms with E-state index in [1.54, 1.807) is 0 Å². The molecule has 3 N–H and O–H groups in total. The number of amides is 1. The van der Waals surface area contributed by atoms with E-state index in [0.717, 1.165) is 0 Å². The van der Waals surface area contributed by atoms with E-state index in [0.29, 0.717) is 0 Å². The summed E-state index contributed by atoms with van der Waals surface area (Å²) < 4.78 is 30.8. The van der Waals surface area contributed by atoms with E-state index < -0.39 is 21.9 Å². The summed E-state index contributed by atoms with van der Waals surface area (Å²) in [4.78, 5) is 22.0. The molecule has 0 spiro atoms. The second-order valence-electron chi connectivity index (χ2n) is 3.97. The number of carboxylic acid groups (broad SMARTS) is 1. The van der Waals surface area contributed by atoms with Gasteiger partial charge in [0.2, 0.25) is 10.0 Å². The summed E-state index contributed by atoms with van der Waals surface area (Å²) in [6.07, 6.45) is -0.219. The highest BCUT2D eigenvalue weighted by Crippen LogP contribution is 2.24. The fourth-order valence-electron chi connectivity index (χ4n) is 1.52. The van der Waals surface area contributed by atoms with Crippen molar-refractivity contribution in [3.63, 3.8) is 0 Å². The normalized spacial score (nSPS) is 11.0. The van der Waals surface area contributed by atoms with Crippen molar-refractivity contribution < 1.29 is 27.9 Å². The first-order valence-electron chi connectivity index (χ1n) is 5.93. The van der Waals surface area contributed by atoms with Crippen molar-refractivity contribution in [1.29, 1.82) is 0 Å². The lowest BCUT2D eigenvalue weighted by atomic mass is 10.2. The Hall–Kier alpha value is -2.13. The number of nitrogens with one attached hydrogen (secondary N) is 2. The topological polar surface area (TPSA) is 122 Å². The third kappa shape index (κ3) is 4.43. The van der Waals surface area contributed by atoms with Crippen molar-refractivity contribution in [3.05, 3.63) is 23.8 Å². The molecule has 1 amide bonds. The van der Waals surface area contributed by atoms with E-state index in [1.807, 2.05) is 0 Å². The Kier molecular flexibility index (Phi) is 5.68. The van der Waals surface area contributed by atoms with Crippen LogP contribution in [0.4, 0.5) is 0 Å². The summed E-state index contributed by atoms with van der Waals surface area (Å²) in [7, 11) is -1.22. The van der Waals surface area contributed by atoms with E-state index >= 15 is 0 Å². The van der Waals surface area contributed by atoms with Crippen LogP contribution in [0.5, 0.6) is 5.75 Å². The standard InChI is InChI=1S/C12H16N2O6S/c1-13-21(18,19)10-7-8(3-4-9(10)20-2)12(17)14-6-5-11(15)16/h3-4,7,13H,5-6H2,1-2H3,(H,14,17)(H,15,16). The number of methoxy groups -OCH3 is 1. The highest BCUT2D eigenvalue weighted by Gasteiger charge is 2.20. The number of sulfonamides is 1. The maximum atomic E-state index is 11.9. The van der Waals surface area contributed by atoms with Gasteiger partial charge in [-0.1, -0.05) is 0 Å². The third-order valence-electron chi connectivity index (χ3n) is 2.61. The van der Waals surface area contributed by atoms with Gasteiger partial charge in [0.05, 0.1) is 13.5 Å². The lowest BCUT2D eigenvalue weighted by Gasteiger charge is -2.11. The van der Waals surface area contributed by atoms with Crippen molar-refractivity contribution >= 4 is 21.9 Å². The van der Waals surface area contributed by atoms with E-state index in [2.05, 4.69) is 10.0 Å². The van der Waals surface area contributed by atoms with Crippen LogP contribution in [0.3, 0.4) is 0 Å². The highest BCUT2D eigenvalue weighted by atomic mass is 32.2. The lowest BCUT2D eigenvalue weighted by Crippen LogP contribution is -2.26. The van der Waals surface area contributed by atoms with E-state index in [9.17, 15) is 18.0 Å². The number of rotatable bonds is 7. The van der Waals surface area contributed by atoms with Crippen LogP contribution in [-0.2, 0) is 14.8 Å². The highest BCUT2D eigenvalue weighted by molar-refractivity contribution is 7.89. The maximum Gasteiger partial charge on any atom is 0.305 e. The Labute approximate surface area is 122 Å².